The van der Waals surface area contributed by atoms with Gasteiger partial charge in [0.15, 0.2) is 4.80 Å². The summed E-state index contributed by atoms with van der Waals surface area (Å²) < 4.78 is 17.0. The first-order valence-electron chi connectivity index (χ1n) is 10.9. The van der Waals surface area contributed by atoms with E-state index in [1.54, 1.807) is 61.5 Å². The van der Waals surface area contributed by atoms with Crippen LogP contribution in [-0.2, 0) is 19.1 Å². The number of fused-ring (bicyclic) bond motifs is 1. The number of carbonyl (C=O) groups is 3. The first-order valence-corrected chi connectivity index (χ1v) is 11.7. The molecule has 0 N–H and O–H groups in total. The maximum atomic E-state index is 13.6. The highest BCUT2D eigenvalue weighted by atomic mass is 32.1. The van der Waals surface area contributed by atoms with Crippen molar-refractivity contribution in [1.82, 2.24) is 4.57 Å². The monoisotopic (exact) mass is 506 g/mol. The summed E-state index contributed by atoms with van der Waals surface area (Å²) in [4.78, 5) is 53.7. The largest absolute Gasteiger partial charge is 0.466 e. The van der Waals surface area contributed by atoms with Crippen LogP contribution in [0.25, 0.3) is 6.08 Å². The third-order valence-electron chi connectivity index (χ3n) is 5.32. The highest BCUT2D eigenvalue weighted by Gasteiger charge is 2.33. The van der Waals surface area contributed by atoms with E-state index in [4.69, 9.17) is 14.2 Å². The Balaban J connectivity index is 1.83. The maximum absolute atomic E-state index is 13.6. The Kier molecular flexibility index (Phi) is 6.98. The minimum Gasteiger partial charge on any atom is -0.466 e. The number of ether oxygens (including phenoxy) is 3. The number of hydrogen-bond acceptors (Lipinski definition) is 9. The first kappa shape index (κ1) is 24.8. The fraction of sp³-hybridized carbons (Fsp3) is 0.192. The SMILES string of the molecule is COC(=O)C1=C(C)N=c2s/c(=C/c3ccc(OC(C)=O)cc3)c(=O)n2[C@H]1c1ccc(OC(C)=O)cc1. The van der Waals surface area contributed by atoms with Crippen LogP contribution in [0.1, 0.15) is 37.9 Å². The van der Waals surface area contributed by atoms with Gasteiger partial charge in [0.25, 0.3) is 5.56 Å². The van der Waals surface area contributed by atoms with E-state index in [1.807, 2.05) is 0 Å². The van der Waals surface area contributed by atoms with E-state index < -0.39 is 23.9 Å². The molecule has 10 heteroatoms. The van der Waals surface area contributed by atoms with E-state index in [9.17, 15) is 19.2 Å². The molecule has 0 amide bonds. The van der Waals surface area contributed by atoms with Crippen LogP contribution in [0.4, 0.5) is 0 Å². The molecule has 0 bridgehead atoms. The van der Waals surface area contributed by atoms with Crippen molar-refractivity contribution in [2.24, 2.45) is 4.99 Å². The molecule has 2 heterocycles. The predicted octanol–water partition coefficient (Wildman–Crippen LogP) is 2.26. The standard InChI is InChI=1S/C26H22N2O7S/c1-14-22(25(32)33-4)23(18-7-11-20(12-8-18)35-16(3)30)28-24(31)21(36-26(28)27-14)13-17-5-9-19(10-6-17)34-15(2)29/h5-13,23H,1-4H3/b21-13+/t23-/m0/s1. The minimum atomic E-state index is -0.784. The second-order valence-corrected chi connectivity index (χ2v) is 8.91. The van der Waals surface area contributed by atoms with E-state index in [0.29, 0.717) is 32.1 Å². The molecule has 3 aromatic rings. The van der Waals surface area contributed by atoms with Crippen LogP contribution in [0.15, 0.2) is 69.6 Å². The molecule has 0 spiro atoms. The number of hydrogen-bond donors (Lipinski definition) is 0. The lowest BCUT2D eigenvalue weighted by Gasteiger charge is -2.24. The van der Waals surface area contributed by atoms with E-state index >= 15 is 0 Å². The molecule has 1 aliphatic heterocycles. The predicted molar refractivity (Wildman–Crippen MR) is 131 cm³/mol. The van der Waals surface area contributed by atoms with Gasteiger partial charge < -0.3 is 14.2 Å². The quantitative estimate of drug-likeness (QED) is 0.385. The number of rotatable bonds is 5. The number of esters is 3. The van der Waals surface area contributed by atoms with Gasteiger partial charge in [-0.1, -0.05) is 35.6 Å². The van der Waals surface area contributed by atoms with Gasteiger partial charge >= 0.3 is 17.9 Å². The van der Waals surface area contributed by atoms with Gasteiger partial charge in [-0.05, 0) is 48.4 Å². The number of aromatic nitrogens is 1. The molecule has 1 aliphatic rings. The van der Waals surface area contributed by atoms with Gasteiger partial charge in [-0.25, -0.2) is 9.79 Å². The normalized spacial score (nSPS) is 15.1. The Morgan fingerprint density at radius 1 is 0.944 bits per heavy atom. The zero-order chi connectivity index (χ0) is 26.0. The van der Waals surface area contributed by atoms with E-state index in [-0.39, 0.29) is 11.1 Å². The highest BCUT2D eigenvalue weighted by molar-refractivity contribution is 7.07. The fourth-order valence-corrected chi connectivity index (χ4v) is 4.89. The molecule has 4 rings (SSSR count). The van der Waals surface area contributed by atoms with Crippen molar-refractivity contribution in [2.45, 2.75) is 26.8 Å². The third-order valence-corrected chi connectivity index (χ3v) is 6.31. The van der Waals surface area contributed by atoms with Gasteiger partial charge in [0.2, 0.25) is 0 Å². The van der Waals surface area contributed by atoms with E-state index in [2.05, 4.69) is 4.99 Å². The van der Waals surface area contributed by atoms with Crippen molar-refractivity contribution in [3.63, 3.8) is 0 Å². The molecule has 1 aromatic heterocycles. The van der Waals surface area contributed by atoms with Gasteiger partial charge in [0.1, 0.15) is 11.5 Å². The average Bonchev–Trinajstić information content (AvgIpc) is 3.13. The second kappa shape index (κ2) is 10.1. The third kappa shape index (κ3) is 5.03. The van der Waals surface area contributed by atoms with Crippen molar-refractivity contribution in [3.8, 4) is 11.5 Å². The summed E-state index contributed by atoms with van der Waals surface area (Å²) in [6, 6.07) is 12.5. The Labute approximate surface area is 209 Å². The smallest absolute Gasteiger partial charge is 0.338 e. The molecule has 184 valence electrons. The summed E-state index contributed by atoms with van der Waals surface area (Å²) in [7, 11) is 1.27. The summed E-state index contributed by atoms with van der Waals surface area (Å²) in [5.74, 6) is -0.732. The summed E-state index contributed by atoms with van der Waals surface area (Å²) in [6.45, 7) is 4.31. The zero-order valence-electron chi connectivity index (χ0n) is 19.9. The van der Waals surface area contributed by atoms with Crippen LogP contribution >= 0.6 is 11.3 Å². The molecule has 0 radical (unpaired) electrons. The van der Waals surface area contributed by atoms with Crippen molar-refractivity contribution >= 4 is 35.3 Å². The van der Waals surface area contributed by atoms with Crippen molar-refractivity contribution < 1.29 is 28.6 Å². The van der Waals surface area contributed by atoms with Gasteiger partial charge in [-0.15, -0.1) is 0 Å². The summed E-state index contributed by atoms with van der Waals surface area (Å²) in [5, 5.41) is 0. The Morgan fingerprint density at radius 3 is 2.03 bits per heavy atom. The number of benzene rings is 2. The molecule has 0 saturated heterocycles. The van der Waals surface area contributed by atoms with Crippen LogP contribution in [0.2, 0.25) is 0 Å². The lowest BCUT2D eigenvalue weighted by atomic mass is 9.96. The van der Waals surface area contributed by atoms with Gasteiger partial charge in [-0.3, -0.25) is 19.0 Å². The molecule has 9 nitrogen and oxygen atoms in total. The minimum absolute atomic E-state index is 0.238. The fourth-order valence-electron chi connectivity index (χ4n) is 3.84. The number of allylic oxidation sites excluding steroid dienone is 1. The van der Waals surface area contributed by atoms with E-state index in [0.717, 1.165) is 5.56 Å². The second-order valence-electron chi connectivity index (χ2n) is 7.90. The Hall–Kier alpha value is -4.31. The molecular formula is C26H22N2O7S. The molecule has 0 saturated carbocycles. The number of nitrogens with zero attached hydrogens (tertiary/aromatic N) is 2. The Morgan fingerprint density at radius 2 is 1.50 bits per heavy atom. The van der Waals surface area contributed by atoms with Crippen LogP contribution < -0.4 is 24.4 Å². The molecule has 1 atom stereocenters. The average molecular weight is 507 g/mol. The summed E-state index contributed by atoms with van der Waals surface area (Å²) in [5.41, 5.74) is 1.70. The Bertz CT molecular complexity index is 1560. The van der Waals surface area contributed by atoms with Gasteiger partial charge in [0.05, 0.1) is 29.0 Å². The highest BCUT2D eigenvalue weighted by Crippen LogP contribution is 2.31. The van der Waals surface area contributed by atoms with Crippen molar-refractivity contribution in [1.29, 1.82) is 0 Å². The number of carbonyl (C=O) groups excluding carboxylic acids is 3. The molecular weight excluding hydrogens is 484 g/mol. The summed E-state index contributed by atoms with van der Waals surface area (Å²) >= 11 is 1.19. The maximum Gasteiger partial charge on any atom is 0.338 e. The van der Waals surface area contributed by atoms with E-state index in [1.165, 1.54) is 36.9 Å². The molecule has 0 unspecified atom stereocenters. The van der Waals surface area contributed by atoms with Crippen LogP contribution in [0.3, 0.4) is 0 Å². The van der Waals surface area contributed by atoms with Gasteiger partial charge in [0, 0.05) is 13.8 Å². The lowest BCUT2D eigenvalue weighted by Crippen LogP contribution is -2.39. The van der Waals surface area contributed by atoms with Gasteiger partial charge in [-0.2, -0.15) is 0 Å². The number of thiazole rings is 1. The van der Waals surface area contributed by atoms with Crippen LogP contribution in [-0.4, -0.2) is 29.6 Å². The topological polar surface area (TPSA) is 113 Å². The zero-order valence-corrected chi connectivity index (χ0v) is 20.8. The lowest BCUT2D eigenvalue weighted by molar-refractivity contribution is -0.136. The van der Waals surface area contributed by atoms with Crippen LogP contribution in [0, 0.1) is 0 Å². The van der Waals surface area contributed by atoms with Crippen LogP contribution in [0.5, 0.6) is 11.5 Å². The molecule has 0 aliphatic carbocycles. The summed E-state index contributed by atoms with van der Waals surface area (Å²) in [6.07, 6.45) is 1.71. The first-order chi connectivity index (χ1) is 17.2. The number of methoxy groups -OCH3 is 1. The molecule has 36 heavy (non-hydrogen) atoms. The molecule has 2 aromatic carbocycles. The van der Waals surface area contributed by atoms with Crippen molar-refractivity contribution in [2.75, 3.05) is 7.11 Å². The van der Waals surface area contributed by atoms with Crippen molar-refractivity contribution in [3.05, 3.63) is 90.6 Å². The molecule has 0 fully saturated rings.